The van der Waals surface area contributed by atoms with Gasteiger partial charge in [0, 0.05) is 13.1 Å². The molecule has 1 saturated heterocycles. The van der Waals surface area contributed by atoms with Gasteiger partial charge in [-0.3, -0.25) is 19.3 Å². The van der Waals surface area contributed by atoms with E-state index in [0.717, 1.165) is 4.90 Å². The van der Waals surface area contributed by atoms with Crippen LogP contribution in [0, 0.1) is 0 Å². The zero-order valence-electron chi connectivity index (χ0n) is 11.8. The molecule has 0 aromatic heterocycles. The number of imide groups is 1. The molecule has 1 atom stereocenters. The molecular weight excluding hydrogens is 266 g/mol. The number of carboxylic acids is 1. The Morgan fingerprint density at radius 3 is 2.40 bits per heavy atom. The van der Waals surface area contributed by atoms with E-state index in [9.17, 15) is 19.2 Å². The molecule has 1 N–H and O–H groups in total. The maximum absolute atomic E-state index is 12.1. The van der Waals surface area contributed by atoms with E-state index in [1.807, 2.05) is 6.92 Å². The molecule has 8 heteroatoms. The van der Waals surface area contributed by atoms with Crippen LogP contribution in [0.2, 0.25) is 0 Å². The van der Waals surface area contributed by atoms with E-state index in [-0.39, 0.29) is 12.6 Å². The number of urea groups is 1. The molecule has 0 spiro atoms. The Bertz CT molecular complexity index is 437. The Kier molecular flexibility index (Phi) is 5.06. The van der Waals surface area contributed by atoms with Crippen LogP contribution in [0.25, 0.3) is 0 Å². The number of hydrogen-bond donors (Lipinski definition) is 1. The van der Waals surface area contributed by atoms with Crippen LogP contribution in [-0.4, -0.2) is 76.3 Å². The monoisotopic (exact) mass is 285 g/mol. The van der Waals surface area contributed by atoms with Gasteiger partial charge in [-0.1, -0.05) is 6.92 Å². The summed E-state index contributed by atoms with van der Waals surface area (Å²) in [7, 11) is 1.47. The lowest BCUT2D eigenvalue weighted by Crippen LogP contribution is -2.48. The molecule has 1 heterocycles. The summed E-state index contributed by atoms with van der Waals surface area (Å²) in [5.74, 6) is -2.13. The standard InChI is InChI=1S/C12H19N3O5/c1-4-8(2)14(7-11(18)19)10(17)6-15-9(16)5-13(3)12(15)20/h8H,4-7H2,1-3H3,(H,18,19)/t8-/m0/s1. The van der Waals surface area contributed by atoms with Crippen molar-refractivity contribution in [3.05, 3.63) is 0 Å². The topological polar surface area (TPSA) is 98.2 Å². The van der Waals surface area contributed by atoms with Crippen molar-refractivity contribution >= 4 is 23.8 Å². The van der Waals surface area contributed by atoms with Gasteiger partial charge in [-0.2, -0.15) is 0 Å². The molecule has 0 radical (unpaired) electrons. The molecule has 20 heavy (non-hydrogen) atoms. The molecule has 0 bridgehead atoms. The molecule has 112 valence electrons. The maximum atomic E-state index is 12.1. The Hall–Kier alpha value is -2.12. The number of carboxylic acid groups (broad SMARTS) is 1. The maximum Gasteiger partial charge on any atom is 0.327 e. The Labute approximate surface area is 116 Å². The molecule has 0 saturated carbocycles. The molecule has 0 aliphatic carbocycles. The largest absolute Gasteiger partial charge is 0.480 e. The fourth-order valence-corrected chi connectivity index (χ4v) is 1.91. The minimum atomic E-state index is -1.13. The van der Waals surface area contributed by atoms with Gasteiger partial charge >= 0.3 is 12.0 Å². The summed E-state index contributed by atoms with van der Waals surface area (Å²) in [5, 5.41) is 8.83. The first-order valence-corrected chi connectivity index (χ1v) is 6.34. The number of amides is 4. The third kappa shape index (κ3) is 3.46. The zero-order chi connectivity index (χ0) is 15.4. The summed E-state index contributed by atoms with van der Waals surface area (Å²) in [5.41, 5.74) is 0. The van der Waals surface area contributed by atoms with Crippen molar-refractivity contribution < 1.29 is 24.3 Å². The van der Waals surface area contributed by atoms with E-state index in [4.69, 9.17) is 5.11 Å². The van der Waals surface area contributed by atoms with Crippen molar-refractivity contribution in [2.75, 3.05) is 26.7 Å². The fraction of sp³-hybridized carbons (Fsp3) is 0.667. The lowest BCUT2D eigenvalue weighted by molar-refractivity contribution is -0.147. The normalized spacial score (nSPS) is 16.6. The second-order valence-electron chi connectivity index (χ2n) is 4.79. The first-order chi connectivity index (χ1) is 9.27. The average Bonchev–Trinajstić information content (AvgIpc) is 2.61. The molecule has 1 aliphatic rings. The van der Waals surface area contributed by atoms with Gasteiger partial charge in [0.1, 0.15) is 19.6 Å². The first-order valence-electron chi connectivity index (χ1n) is 6.34. The predicted molar refractivity (Wildman–Crippen MR) is 68.8 cm³/mol. The number of likely N-dealkylation sites (N-methyl/N-ethyl adjacent to an activating group) is 1. The summed E-state index contributed by atoms with van der Waals surface area (Å²) in [6.07, 6.45) is 0.584. The smallest absolute Gasteiger partial charge is 0.327 e. The minimum Gasteiger partial charge on any atom is -0.480 e. The number of hydrogen-bond acceptors (Lipinski definition) is 4. The first kappa shape index (κ1) is 15.9. The third-order valence-corrected chi connectivity index (χ3v) is 3.27. The van der Waals surface area contributed by atoms with Gasteiger partial charge in [-0.25, -0.2) is 4.79 Å². The highest BCUT2D eigenvalue weighted by Gasteiger charge is 2.36. The van der Waals surface area contributed by atoms with Gasteiger partial charge in [-0.05, 0) is 13.3 Å². The van der Waals surface area contributed by atoms with E-state index < -0.39 is 36.9 Å². The molecule has 0 unspecified atom stereocenters. The molecule has 4 amide bonds. The average molecular weight is 285 g/mol. The molecule has 1 rings (SSSR count). The lowest BCUT2D eigenvalue weighted by Gasteiger charge is -2.28. The second kappa shape index (κ2) is 6.36. The van der Waals surface area contributed by atoms with Gasteiger partial charge in [0.25, 0.3) is 5.91 Å². The summed E-state index contributed by atoms with van der Waals surface area (Å²) in [6, 6.07) is -0.813. The molecule has 1 fully saturated rings. The van der Waals surface area contributed by atoms with E-state index >= 15 is 0 Å². The van der Waals surface area contributed by atoms with Crippen LogP contribution in [0.15, 0.2) is 0 Å². The van der Waals surface area contributed by atoms with Crippen LogP contribution < -0.4 is 0 Å². The molecular formula is C12H19N3O5. The van der Waals surface area contributed by atoms with Gasteiger partial charge in [0.15, 0.2) is 0 Å². The van der Waals surface area contributed by atoms with E-state index in [1.54, 1.807) is 6.92 Å². The van der Waals surface area contributed by atoms with Crippen LogP contribution in [0.1, 0.15) is 20.3 Å². The van der Waals surface area contributed by atoms with Crippen LogP contribution in [0.3, 0.4) is 0 Å². The number of carbonyl (C=O) groups excluding carboxylic acids is 3. The SMILES string of the molecule is CC[C@H](C)N(CC(=O)O)C(=O)CN1C(=O)CN(C)C1=O. The van der Waals surface area contributed by atoms with Crippen molar-refractivity contribution in [1.29, 1.82) is 0 Å². The van der Waals surface area contributed by atoms with Crippen LogP contribution in [0.4, 0.5) is 4.79 Å². The second-order valence-corrected chi connectivity index (χ2v) is 4.79. The van der Waals surface area contributed by atoms with Crippen molar-refractivity contribution in [3.63, 3.8) is 0 Å². The van der Waals surface area contributed by atoms with Crippen LogP contribution >= 0.6 is 0 Å². The molecule has 1 aliphatic heterocycles. The van der Waals surface area contributed by atoms with Gasteiger partial charge in [0.05, 0.1) is 0 Å². The highest BCUT2D eigenvalue weighted by molar-refractivity contribution is 6.04. The van der Waals surface area contributed by atoms with Crippen molar-refractivity contribution in [3.8, 4) is 0 Å². The van der Waals surface area contributed by atoms with Crippen LogP contribution in [0.5, 0.6) is 0 Å². The fourth-order valence-electron chi connectivity index (χ4n) is 1.91. The summed E-state index contributed by atoms with van der Waals surface area (Å²) in [4.78, 5) is 49.4. The van der Waals surface area contributed by atoms with E-state index in [2.05, 4.69) is 0 Å². The molecule has 0 aromatic carbocycles. The number of nitrogens with zero attached hydrogens (tertiary/aromatic N) is 3. The highest BCUT2D eigenvalue weighted by atomic mass is 16.4. The Balaban J connectivity index is 2.78. The van der Waals surface area contributed by atoms with E-state index in [0.29, 0.717) is 6.42 Å². The highest BCUT2D eigenvalue weighted by Crippen LogP contribution is 2.10. The lowest BCUT2D eigenvalue weighted by atomic mass is 10.2. The molecule has 0 aromatic rings. The number of carbonyl (C=O) groups is 4. The quantitative estimate of drug-likeness (QED) is 0.669. The Morgan fingerprint density at radius 2 is 2.00 bits per heavy atom. The van der Waals surface area contributed by atoms with Gasteiger partial charge in [-0.15, -0.1) is 0 Å². The third-order valence-electron chi connectivity index (χ3n) is 3.27. The van der Waals surface area contributed by atoms with Gasteiger partial charge < -0.3 is 14.9 Å². The van der Waals surface area contributed by atoms with Gasteiger partial charge in [0.2, 0.25) is 5.91 Å². The van der Waals surface area contributed by atoms with Crippen molar-refractivity contribution in [2.45, 2.75) is 26.3 Å². The minimum absolute atomic E-state index is 0.0611. The van der Waals surface area contributed by atoms with E-state index in [1.165, 1.54) is 16.8 Å². The van der Waals surface area contributed by atoms with Crippen molar-refractivity contribution in [2.24, 2.45) is 0 Å². The number of rotatable bonds is 6. The van der Waals surface area contributed by atoms with Crippen molar-refractivity contribution in [1.82, 2.24) is 14.7 Å². The summed E-state index contributed by atoms with van der Waals surface area (Å²) in [6.45, 7) is 2.63. The molecule has 8 nitrogen and oxygen atoms in total. The van der Waals surface area contributed by atoms with Crippen LogP contribution in [-0.2, 0) is 14.4 Å². The summed E-state index contributed by atoms with van der Waals surface area (Å²) >= 11 is 0. The summed E-state index contributed by atoms with van der Waals surface area (Å²) < 4.78 is 0. The zero-order valence-corrected chi connectivity index (χ0v) is 11.8. The number of aliphatic carboxylic acids is 1. The Morgan fingerprint density at radius 1 is 1.40 bits per heavy atom. The predicted octanol–water partition coefficient (Wildman–Crippen LogP) is -0.408.